The summed E-state index contributed by atoms with van der Waals surface area (Å²) in [5.74, 6) is -0.184. The van der Waals surface area contributed by atoms with Crippen LogP contribution in [-0.2, 0) is 0 Å². The van der Waals surface area contributed by atoms with E-state index < -0.39 is 15.9 Å². The number of rotatable bonds is 3. The number of nitrogens with two attached hydrogens (primary N) is 1. The van der Waals surface area contributed by atoms with Crippen LogP contribution in [-0.4, -0.2) is 21.7 Å². The van der Waals surface area contributed by atoms with Gasteiger partial charge in [0.2, 0.25) is 3.79 Å². The second-order valence-electron chi connectivity index (χ2n) is 3.55. The van der Waals surface area contributed by atoms with Crippen molar-refractivity contribution < 1.29 is 4.79 Å². The number of carbonyl (C=O) groups excluding carboxylic acids is 1. The van der Waals surface area contributed by atoms with Crippen molar-refractivity contribution in [3.63, 3.8) is 0 Å². The number of nitrogens with zero attached hydrogens (tertiary/aromatic N) is 1. The van der Waals surface area contributed by atoms with Crippen LogP contribution >= 0.6 is 34.8 Å². The summed E-state index contributed by atoms with van der Waals surface area (Å²) in [6.45, 7) is 1.54. The highest BCUT2D eigenvalue weighted by atomic mass is 35.6. The maximum Gasteiger partial charge on any atom is 0.253 e. The topological polar surface area (TPSA) is 67.5 Å². The molecule has 0 aliphatic heterocycles. The molecule has 1 rings (SSSR count). The first-order chi connectivity index (χ1) is 8.30. The van der Waals surface area contributed by atoms with E-state index in [1.165, 1.54) is 6.92 Å². The van der Waals surface area contributed by atoms with Crippen LogP contribution in [0.2, 0.25) is 0 Å². The van der Waals surface area contributed by atoms with Crippen LogP contribution in [0.4, 0.5) is 0 Å². The molecule has 7 heteroatoms. The molecular formula is C11H12Cl3N3O. The summed E-state index contributed by atoms with van der Waals surface area (Å²) in [7, 11) is 0. The molecule has 0 saturated carbocycles. The highest BCUT2D eigenvalue weighted by Gasteiger charge is 2.33. The van der Waals surface area contributed by atoms with Gasteiger partial charge in [0.25, 0.3) is 5.91 Å². The zero-order valence-electron chi connectivity index (χ0n) is 9.53. The van der Waals surface area contributed by atoms with E-state index in [0.29, 0.717) is 5.56 Å². The number of benzene rings is 1. The van der Waals surface area contributed by atoms with Gasteiger partial charge < -0.3 is 11.1 Å². The monoisotopic (exact) mass is 307 g/mol. The molecule has 98 valence electrons. The first-order valence-electron chi connectivity index (χ1n) is 5.03. The smallest absolute Gasteiger partial charge is 0.253 e. The van der Waals surface area contributed by atoms with Crippen molar-refractivity contribution in [3.05, 3.63) is 35.9 Å². The molecule has 0 fully saturated rings. The number of nitrogens with one attached hydrogen (secondary N) is 1. The first-order valence-corrected chi connectivity index (χ1v) is 6.16. The number of amidine groups is 1. The average Bonchev–Trinajstić information content (AvgIpc) is 2.27. The Kier molecular flexibility index (Phi) is 5.26. The zero-order valence-corrected chi connectivity index (χ0v) is 11.8. The van der Waals surface area contributed by atoms with Gasteiger partial charge in [-0.15, -0.1) is 0 Å². The van der Waals surface area contributed by atoms with Crippen LogP contribution in [0, 0.1) is 0 Å². The molecule has 18 heavy (non-hydrogen) atoms. The number of alkyl halides is 3. The second-order valence-corrected chi connectivity index (χ2v) is 5.92. The van der Waals surface area contributed by atoms with E-state index in [2.05, 4.69) is 10.3 Å². The van der Waals surface area contributed by atoms with Gasteiger partial charge in [-0.3, -0.25) is 4.79 Å². The lowest BCUT2D eigenvalue weighted by Crippen LogP contribution is -2.43. The Morgan fingerprint density at radius 2 is 1.89 bits per heavy atom. The summed E-state index contributed by atoms with van der Waals surface area (Å²) < 4.78 is -1.77. The number of aliphatic imine (C=N–C) groups is 1. The lowest BCUT2D eigenvalue weighted by Gasteiger charge is -2.22. The SMILES string of the molecule is CC(N)=NC(NC(=O)c1ccccc1)C(Cl)(Cl)Cl. The molecule has 0 aliphatic rings. The van der Waals surface area contributed by atoms with E-state index in [-0.39, 0.29) is 5.84 Å². The summed E-state index contributed by atoms with van der Waals surface area (Å²) in [5, 5.41) is 2.50. The third kappa shape index (κ3) is 4.72. The molecule has 0 spiro atoms. The molecule has 1 aromatic rings. The lowest BCUT2D eigenvalue weighted by atomic mass is 10.2. The Morgan fingerprint density at radius 1 is 1.33 bits per heavy atom. The van der Waals surface area contributed by atoms with E-state index in [0.717, 1.165) is 0 Å². The van der Waals surface area contributed by atoms with E-state index in [1.54, 1.807) is 30.3 Å². The quantitative estimate of drug-likeness (QED) is 0.512. The van der Waals surface area contributed by atoms with Crippen molar-refractivity contribution in [3.8, 4) is 0 Å². The molecule has 0 aliphatic carbocycles. The average molecular weight is 309 g/mol. The molecule has 1 aromatic carbocycles. The minimum Gasteiger partial charge on any atom is -0.388 e. The van der Waals surface area contributed by atoms with Crippen LogP contribution in [0.15, 0.2) is 35.3 Å². The summed E-state index contributed by atoms with van der Waals surface area (Å²) in [6, 6.07) is 8.55. The fourth-order valence-corrected chi connectivity index (χ4v) is 1.50. The molecular weight excluding hydrogens is 296 g/mol. The van der Waals surface area contributed by atoms with Crippen molar-refractivity contribution in [2.24, 2.45) is 10.7 Å². The predicted molar refractivity (Wildman–Crippen MR) is 75.3 cm³/mol. The summed E-state index contributed by atoms with van der Waals surface area (Å²) >= 11 is 17.2. The second kappa shape index (κ2) is 6.27. The Balaban J connectivity index is 2.86. The van der Waals surface area contributed by atoms with Crippen molar-refractivity contribution >= 4 is 46.5 Å². The Morgan fingerprint density at radius 3 is 2.33 bits per heavy atom. The zero-order chi connectivity index (χ0) is 13.8. The molecule has 0 radical (unpaired) electrons. The summed E-state index contributed by atoms with van der Waals surface area (Å²) in [4.78, 5) is 15.8. The van der Waals surface area contributed by atoms with Crippen molar-refractivity contribution in [2.75, 3.05) is 0 Å². The highest BCUT2D eigenvalue weighted by molar-refractivity contribution is 6.68. The molecule has 3 N–H and O–H groups in total. The number of halogens is 3. The Hall–Kier alpha value is -0.970. The van der Waals surface area contributed by atoms with Crippen LogP contribution in [0.3, 0.4) is 0 Å². The molecule has 0 aromatic heterocycles. The fourth-order valence-electron chi connectivity index (χ4n) is 1.19. The van der Waals surface area contributed by atoms with E-state index in [4.69, 9.17) is 40.5 Å². The largest absolute Gasteiger partial charge is 0.388 e. The van der Waals surface area contributed by atoms with Gasteiger partial charge in [0.1, 0.15) is 0 Å². The third-order valence-corrected chi connectivity index (χ3v) is 2.57. The van der Waals surface area contributed by atoms with Crippen LogP contribution in [0.1, 0.15) is 17.3 Å². The first kappa shape index (κ1) is 15.1. The summed E-state index contributed by atoms with van der Waals surface area (Å²) in [5.41, 5.74) is 5.87. The van der Waals surface area contributed by atoms with Crippen molar-refractivity contribution in [1.82, 2.24) is 5.32 Å². The van der Waals surface area contributed by atoms with Gasteiger partial charge in [-0.25, -0.2) is 4.99 Å². The third-order valence-electron chi connectivity index (χ3n) is 1.95. The van der Waals surface area contributed by atoms with Crippen LogP contribution < -0.4 is 11.1 Å². The van der Waals surface area contributed by atoms with Gasteiger partial charge in [0, 0.05) is 5.56 Å². The molecule has 0 bridgehead atoms. The molecule has 1 atom stereocenters. The van der Waals surface area contributed by atoms with Crippen LogP contribution in [0.5, 0.6) is 0 Å². The molecule has 1 unspecified atom stereocenters. The molecule has 1 amide bonds. The standard InChI is InChI=1S/C11H12Cl3N3O/c1-7(15)16-10(11(12,13)14)17-9(18)8-5-3-2-4-6-8/h2-6,10H,1H3,(H2,15,16)(H,17,18). The molecule has 0 heterocycles. The number of hydrogen-bond acceptors (Lipinski definition) is 2. The van der Waals surface area contributed by atoms with Crippen molar-refractivity contribution in [2.45, 2.75) is 16.9 Å². The Labute approximate surface area is 120 Å². The Bertz CT molecular complexity index is 439. The summed E-state index contributed by atoms with van der Waals surface area (Å²) in [6.07, 6.45) is -1.04. The maximum absolute atomic E-state index is 11.9. The predicted octanol–water partition coefficient (Wildman–Crippen LogP) is 2.49. The highest BCUT2D eigenvalue weighted by Crippen LogP contribution is 2.31. The minimum absolute atomic E-state index is 0.208. The lowest BCUT2D eigenvalue weighted by molar-refractivity contribution is 0.0939. The number of carbonyl (C=O) groups is 1. The van der Waals surface area contributed by atoms with E-state index in [1.807, 2.05) is 0 Å². The van der Waals surface area contributed by atoms with E-state index >= 15 is 0 Å². The van der Waals surface area contributed by atoms with Gasteiger partial charge >= 0.3 is 0 Å². The number of amides is 1. The van der Waals surface area contributed by atoms with Gasteiger partial charge in [-0.2, -0.15) is 0 Å². The fraction of sp³-hybridized carbons (Fsp3) is 0.273. The molecule has 4 nitrogen and oxygen atoms in total. The van der Waals surface area contributed by atoms with Gasteiger partial charge in [-0.1, -0.05) is 53.0 Å². The minimum atomic E-state index is -1.77. The number of hydrogen-bond donors (Lipinski definition) is 2. The van der Waals surface area contributed by atoms with Gasteiger partial charge in [-0.05, 0) is 19.1 Å². The van der Waals surface area contributed by atoms with Gasteiger partial charge in [0.05, 0.1) is 5.84 Å². The molecule has 0 saturated heterocycles. The van der Waals surface area contributed by atoms with E-state index in [9.17, 15) is 4.79 Å². The van der Waals surface area contributed by atoms with Gasteiger partial charge in [0.15, 0.2) is 6.17 Å². The maximum atomic E-state index is 11.9. The van der Waals surface area contributed by atoms with Crippen LogP contribution in [0.25, 0.3) is 0 Å². The van der Waals surface area contributed by atoms with Crippen molar-refractivity contribution in [1.29, 1.82) is 0 Å². The normalized spacial score (nSPS) is 14.1.